The smallest absolute Gasteiger partial charge is 0.254 e. The normalized spacial score (nSPS) is 16.9. The fourth-order valence-electron chi connectivity index (χ4n) is 4.16. The first-order valence-corrected chi connectivity index (χ1v) is 10.6. The minimum Gasteiger partial charge on any atom is -0.379 e. The van der Waals surface area contributed by atoms with Crippen LogP contribution in [0.1, 0.15) is 16.1 Å². The van der Waals surface area contributed by atoms with Gasteiger partial charge in [-0.25, -0.2) is 9.50 Å². The van der Waals surface area contributed by atoms with E-state index in [0.717, 1.165) is 34.5 Å². The monoisotopic (exact) mass is 412 g/mol. The quantitative estimate of drug-likeness (QED) is 0.513. The van der Waals surface area contributed by atoms with Crippen molar-refractivity contribution in [3.63, 3.8) is 0 Å². The van der Waals surface area contributed by atoms with E-state index in [-0.39, 0.29) is 11.8 Å². The first-order chi connectivity index (χ1) is 15.3. The molecule has 1 aliphatic heterocycles. The van der Waals surface area contributed by atoms with Crippen molar-refractivity contribution >= 4 is 11.6 Å². The number of carbonyl (C=O) groups is 1. The third-order valence-corrected chi connectivity index (χ3v) is 5.68. The van der Waals surface area contributed by atoms with E-state index >= 15 is 0 Å². The minimum atomic E-state index is 0.0490. The molecule has 1 saturated heterocycles. The topological polar surface area (TPSA) is 59.7 Å². The van der Waals surface area contributed by atoms with Crippen molar-refractivity contribution in [3.05, 3.63) is 90.4 Å². The molecular formula is C25H24N4O2. The summed E-state index contributed by atoms with van der Waals surface area (Å²) in [7, 11) is 0. The van der Waals surface area contributed by atoms with E-state index in [1.165, 1.54) is 0 Å². The Hall–Kier alpha value is -3.51. The molecule has 4 aromatic rings. The number of imidazole rings is 1. The minimum absolute atomic E-state index is 0.0490. The molecule has 2 aromatic heterocycles. The van der Waals surface area contributed by atoms with Crippen LogP contribution >= 0.6 is 0 Å². The van der Waals surface area contributed by atoms with E-state index in [9.17, 15) is 4.79 Å². The van der Waals surface area contributed by atoms with Crippen LogP contribution in [0.4, 0.5) is 0 Å². The average molecular weight is 412 g/mol. The lowest BCUT2D eigenvalue weighted by atomic mass is 9.98. The van der Waals surface area contributed by atoms with Gasteiger partial charge in [-0.2, -0.15) is 5.10 Å². The van der Waals surface area contributed by atoms with Gasteiger partial charge >= 0.3 is 0 Å². The molecule has 0 saturated carbocycles. The van der Waals surface area contributed by atoms with E-state index in [0.29, 0.717) is 26.3 Å². The molecule has 6 nitrogen and oxygen atoms in total. The van der Waals surface area contributed by atoms with Crippen molar-refractivity contribution in [2.24, 2.45) is 5.92 Å². The highest BCUT2D eigenvalue weighted by atomic mass is 16.5. The van der Waals surface area contributed by atoms with Crippen molar-refractivity contribution in [3.8, 4) is 11.1 Å². The van der Waals surface area contributed by atoms with Gasteiger partial charge in [-0.3, -0.25) is 4.79 Å². The summed E-state index contributed by atoms with van der Waals surface area (Å²) in [5, 5.41) is 4.64. The van der Waals surface area contributed by atoms with Crippen LogP contribution < -0.4 is 0 Å². The maximum atomic E-state index is 13.5. The van der Waals surface area contributed by atoms with Crippen LogP contribution in [-0.2, 0) is 11.2 Å². The number of fused-ring (bicyclic) bond motifs is 1. The van der Waals surface area contributed by atoms with E-state index < -0.39 is 0 Å². The molecule has 2 aromatic carbocycles. The standard InChI is InChI=1S/C25H24N4O2/c30-25(23-9-5-4-8-22(23)20-6-2-1-3-7-20)28-14-15-31-18-19(17-28)16-21-10-11-24-26-12-13-29(24)27-21/h1-13,19H,14-18H2. The van der Waals surface area contributed by atoms with Gasteiger partial charge in [-0.1, -0.05) is 48.5 Å². The zero-order valence-electron chi connectivity index (χ0n) is 17.2. The second-order valence-corrected chi connectivity index (χ2v) is 7.86. The Bertz CT molecular complexity index is 1190. The van der Waals surface area contributed by atoms with Crippen LogP contribution in [0.25, 0.3) is 16.8 Å². The summed E-state index contributed by atoms with van der Waals surface area (Å²) in [5.74, 6) is 0.233. The number of rotatable bonds is 4. The Balaban J connectivity index is 1.37. The fourth-order valence-corrected chi connectivity index (χ4v) is 4.16. The number of amides is 1. The molecule has 1 aliphatic rings. The van der Waals surface area contributed by atoms with Gasteiger partial charge < -0.3 is 9.64 Å². The Kier molecular flexibility index (Phi) is 5.46. The number of hydrogen-bond donors (Lipinski definition) is 0. The van der Waals surface area contributed by atoms with E-state index in [1.807, 2.05) is 77.8 Å². The number of hydrogen-bond acceptors (Lipinski definition) is 4. The van der Waals surface area contributed by atoms with Gasteiger partial charge in [-0.15, -0.1) is 0 Å². The van der Waals surface area contributed by atoms with Gasteiger partial charge in [0.25, 0.3) is 5.91 Å². The summed E-state index contributed by atoms with van der Waals surface area (Å²) in [6.45, 7) is 2.40. The number of benzene rings is 2. The number of aromatic nitrogens is 3. The molecule has 0 N–H and O–H groups in total. The third kappa shape index (κ3) is 4.20. The Morgan fingerprint density at radius 1 is 1.03 bits per heavy atom. The van der Waals surface area contributed by atoms with Crippen LogP contribution in [0.5, 0.6) is 0 Å². The van der Waals surface area contributed by atoms with Crippen LogP contribution in [0.15, 0.2) is 79.1 Å². The zero-order valence-corrected chi connectivity index (χ0v) is 17.2. The lowest BCUT2D eigenvalue weighted by molar-refractivity contribution is 0.0738. The predicted molar refractivity (Wildman–Crippen MR) is 119 cm³/mol. The Labute approximate surface area is 181 Å². The van der Waals surface area contributed by atoms with Crippen molar-refractivity contribution in [2.45, 2.75) is 6.42 Å². The molecule has 0 spiro atoms. The van der Waals surface area contributed by atoms with Crippen molar-refractivity contribution in [1.82, 2.24) is 19.5 Å². The number of nitrogens with zero attached hydrogens (tertiary/aromatic N) is 4. The molecular weight excluding hydrogens is 388 g/mol. The second-order valence-electron chi connectivity index (χ2n) is 7.86. The SMILES string of the molecule is O=C(c1ccccc1-c1ccccc1)N1CCOCC(Cc2ccc3nccn3n2)C1. The zero-order chi connectivity index (χ0) is 21.0. The van der Waals surface area contributed by atoms with Crippen LogP contribution in [0, 0.1) is 5.92 Å². The average Bonchev–Trinajstić information content (AvgIpc) is 3.16. The molecule has 1 atom stereocenters. The Morgan fingerprint density at radius 2 is 1.87 bits per heavy atom. The maximum Gasteiger partial charge on any atom is 0.254 e. The second kappa shape index (κ2) is 8.70. The molecule has 3 heterocycles. The highest BCUT2D eigenvalue weighted by Crippen LogP contribution is 2.25. The molecule has 1 amide bonds. The van der Waals surface area contributed by atoms with Crippen molar-refractivity contribution in [2.75, 3.05) is 26.3 Å². The largest absolute Gasteiger partial charge is 0.379 e. The number of carbonyl (C=O) groups excluding carboxylic acids is 1. The van der Waals surface area contributed by atoms with Gasteiger partial charge in [0, 0.05) is 37.0 Å². The molecule has 1 unspecified atom stereocenters. The summed E-state index contributed by atoms with van der Waals surface area (Å²) >= 11 is 0. The van der Waals surface area contributed by atoms with Crippen LogP contribution in [-0.4, -0.2) is 51.7 Å². The van der Waals surface area contributed by atoms with Gasteiger partial charge in [0.1, 0.15) is 0 Å². The molecule has 31 heavy (non-hydrogen) atoms. The highest BCUT2D eigenvalue weighted by molar-refractivity contribution is 6.00. The molecule has 156 valence electrons. The summed E-state index contributed by atoms with van der Waals surface area (Å²) < 4.78 is 7.63. The third-order valence-electron chi connectivity index (χ3n) is 5.68. The van der Waals surface area contributed by atoms with Gasteiger partial charge in [0.05, 0.1) is 18.9 Å². The van der Waals surface area contributed by atoms with Gasteiger partial charge in [0.15, 0.2) is 5.65 Å². The summed E-state index contributed by atoms with van der Waals surface area (Å²) in [6.07, 6.45) is 4.34. The molecule has 0 radical (unpaired) electrons. The van der Waals surface area contributed by atoms with Crippen molar-refractivity contribution < 1.29 is 9.53 Å². The molecule has 5 rings (SSSR count). The van der Waals surface area contributed by atoms with Crippen molar-refractivity contribution in [1.29, 1.82) is 0 Å². The summed E-state index contributed by atoms with van der Waals surface area (Å²) in [6, 6.07) is 21.9. The van der Waals surface area contributed by atoms with Gasteiger partial charge in [-0.05, 0) is 35.7 Å². The first kappa shape index (κ1) is 19.5. The molecule has 1 fully saturated rings. The lowest BCUT2D eigenvalue weighted by Gasteiger charge is -2.24. The molecule has 6 heteroatoms. The van der Waals surface area contributed by atoms with E-state index in [1.54, 1.807) is 10.7 Å². The van der Waals surface area contributed by atoms with Crippen LogP contribution in [0.3, 0.4) is 0 Å². The highest BCUT2D eigenvalue weighted by Gasteiger charge is 2.25. The van der Waals surface area contributed by atoms with E-state index in [4.69, 9.17) is 4.74 Å². The van der Waals surface area contributed by atoms with Gasteiger partial charge in [0.2, 0.25) is 0 Å². The fraction of sp³-hybridized carbons (Fsp3) is 0.240. The Morgan fingerprint density at radius 3 is 2.77 bits per heavy atom. The molecule has 0 bridgehead atoms. The van der Waals surface area contributed by atoms with Crippen LogP contribution in [0.2, 0.25) is 0 Å². The lowest BCUT2D eigenvalue weighted by Crippen LogP contribution is -2.36. The maximum absolute atomic E-state index is 13.5. The first-order valence-electron chi connectivity index (χ1n) is 10.6. The molecule has 0 aliphatic carbocycles. The summed E-state index contributed by atoms with van der Waals surface area (Å²) in [5.41, 5.74) is 4.54. The number of ether oxygens (including phenoxy) is 1. The predicted octanol–water partition coefficient (Wildman–Crippen LogP) is 3.73. The van der Waals surface area contributed by atoms with E-state index in [2.05, 4.69) is 10.1 Å². The summed E-state index contributed by atoms with van der Waals surface area (Å²) in [4.78, 5) is 19.7.